The summed E-state index contributed by atoms with van der Waals surface area (Å²) in [6, 6.07) is 0. The standard InChI is InChI=1S/C19H29N3O5S/c1-11-12(2)17(13(3)14-10-19(4,5)27-16(11)14)28(25,26)22-18(20)21-9-7-6-8-15(23)24/h6-10H2,1-5H3,(H,23,24)(H3,20,21,22). The summed E-state index contributed by atoms with van der Waals surface area (Å²) in [5, 5.41) is 11.3. The van der Waals surface area contributed by atoms with E-state index in [2.05, 4.69) is 9.71 Å². The lowest BCUT2D eigenvalue weighted by molar-refractivity contribution is -0.137. The number of unbranched alkanes of at least 4 members (excludes halogenated alkanes) is 1. The monoisotopic (exact) mass is 411 g/mol. The third kappa shape index (κ3) is 4.76. The molecule has 0 aliphatic carbocycles. The summed E-state index contributed by atoms with van der Waals surface area (Å²) in [6.07, 6.45) is 1.70. The van der Waals surface area contributed by atoms with E-state index in [1.54, 1.807) is 13.8 Å². The molecular formula is C19H29N3O5S. The van der Waals surface area contributed by atoms with E-state index in [4.69, 9.17) is 15.6 Å². The summed E-state index contributed by atoms with van der Waals surface area (Å²) in [6.45, 7) is 9.66. The van der Waals surface area contributed by atoms with Crippen LogP contribution in [0.5, 0.6) is 5.75 Å². The molecule has 1 aliphatic heterocycles. The van der Waals surface area contributed by atoms with Crippen molar-refractivity contribution in [2.45, 2.75) is 70.8 Å². The summed E-state index contributed by atoms with van der Waals surface area (Å²) >= 11 is 0. The Labute approximate surface area is 166 Å². The molecule has 156 valence electrons. The van der Waals surface area contributed by atoms with Gasteiger partial charge in [0.05, 0.1) is 4.90 Å². The molecule has 0 saturated heterocycles. The molecule has 0 aromatic heterocycles. The zero-order chi connectivity index (χ0) is 21.3. The number of carbonyl (C=O) groups is 1. The molecule has 28 heavy (non-hydrogen) atoms. The topological polar surface area (TPSA) is 131 Å². The average molecular weight is 412 g/mol. The molecule has 0 amide bonds. The SMILES string of the molecule is Cc1c(C)c(S(=O)(=O)/N=C(\N)NCCCCC(=O)O)c(C)c2c1OC(C)(C)C2. The van der Waals surface area contributed by atoms with Gasteiger partial charge in [0, 0.05) is 24.9 Å². The molecule has 1 aromatic rings. The van der Waals surface area contributed by atoms with Gasteiger partial charge in [0.2, 0.25) is 5.96 Å². The van der Waals surface area contributed by atoms with Gasteiger partial charge in [-0.3, -0.25) is 4.79 Å². The molecule has 8 nitrogen and oxygen atoms in total. The van der Waals surface area contributed by atoms with Crippen molar-refractivity contribution in [3.63, 3.8) is 0 Å². The van der Waals surface area contributed by atoms with Crippen LogP contribution in [0.15, 0.2) is 9.29 Å². The van der Waals surface area contributed by atoms with Crippen LogP contribution in [0.4, 0.5) is 0 Å². The molecule has 0 radical (unpaired) electrons. The van der Waals surface area contributed by atoms with E-state index in [0.717, 1.165) is 16.9 Å². The number of nitrogens with zero attached hydrogens (tertiary/aromatic N) is 1. The van der Waals surface area contributed by atoms with Gasteiger partial charge in [-0.2, -0.15) is 8.42 Å². The lowest BCUT2D eigenvalue weighted by Gasteiger charge is -2.18. The summed E-state index contributed by atoms with van der Waals surface area (Å²) in [5.41, 5.74) is 8.30. The highest BCUT2D eigenvalue weighted by Gasteiger charge is 2.36. The average Bonchev–Trinajstić information content (AvgIpc) is 2.87. The van der Waals surface area contributed by atoms with Crippen molar-refractivity contribution in [3.05, 3.63) is 22.3 Å². The zero-order valence-corrected chi connectivity index (χ0v) is 17.9. The number of hydrogen-bond acceptors (Lipinski definition) is 4. The van der Waals surface area contributed by atoms with Crippen molar-refractivity contribution in [3.8, 4) is 5.75 Å². The first-order chi connectivity index (χ1) is 12.9. The van der Waals surface area contributed by atoms with Crippen LogP contribution < -0.4 is 15.8 Å². The Kier molecular flexibility index (Phi) is 6.27. The fourth-order valence-electron chi connectivity index (χ4n) is 3.46. The van der Waals surface area contributed by atoms with Crippen LogP contribution >= 0.6 is 0 Å². The molecule has 1 heterocycles. The first-order valence-electron chi connectivity index (χ1n) is 9.23. The number of sulfonamides is 1. The van der Waals surface area contributed by atoms with E-state index in [1.165, 1.54) is 0 Å². The van der Waals surface area contributed by atoms with E-state index in [0.29, 0.717) is 36.9 Å². The van der Waals surface area contributed by atoms with Gasteiger partial charge in [-0.1, -0.05) is 0 Å². The molecule has 0 saturated carbocycles. The maximum Gasteiger partial charge on any atom is 0.303 e. The minimum Gasteiger partial charge on any atom is -0.487 e. The fraction of sp³-hybridized carbons (Fsp3) is 0.579. The zero-order valence-electron chi connectivity index (χ0n) is 17.0. The molecule has 0 bridgehead atoms. The van der Waals surface area contributed by atoms with Gasteiger partial charge in [0.25, 0.3) is 10.0 Å². The van der Waals surface area contributed by atoms with Gasteiger partial charge < -0.3 is 20.9 Å². The minimum atomic E-state index is -4.01. The molecule has 0 spiro atoms. The van der Waals surface area contributed by atoms with Crippen LogP contribution in [-0.2, 0) is 21.2 Å². The van der Waals surface area contributed by atoms with E-state index in [9.17, 15) is 13.2 Å². The maximum atomic E-state index is 12.9. The summed E-state index contributed by atoms with van der Waals surface area (Å²) in [4.78, 5) is 10.7. The van der Waals surface area contributed by atoms with Gasteiger partial charge >= 0.3 is 5.97 Å². The van der Waals surface area contributed by atoms with Crippen molar-refractivity contribution in [2.75, 3.05) is 6.54 Å². The molecule has 2 rings (SSSR count). The number of fused-ring (bicyclic) bond motifs is 1. The number of rotatable bonds is 7. The maximum absolute atomic E-state index is 12.9. The van der Waals surface area contributed by atoms with E-state index in [1.807, 2.05) is 20.8 Å². The second kappa shape index (κ2) is 7.98. The lowest BCUT2D eigenvalue weighted by Crippen LogP contribution is -2.33. The second-order valence-corrected chi connectivity index (χ2v) is 9.32. The van der Waals surface area contributed by atoms with E-state index >= 15 is 0 Å². The van der Waals surface area contributed by atoms with Crippen molar-refractivity contribution < 1.29 is 23.1 Å². The van der Waals surface area contributed by atoms with E-state index < -0.39 is 16.0 Å². The molecule has 1 aromatic carbocycles. The number of carboxylic acid groups (broad SMARTS) is 1. The predicted molar refractivity (Wildman–Crippen MR) is 107 cm³/mol. The lowest BCUT2D eigenvalue weighted by atomic mass is 9.94. The Bertz CT molecular complexity index is 920. The summed E-state index contributed by atoms with van der Waals surface area (Å²) in [5.74, 6) is -0.314. The number of aliphatic carboxylic acids is 1. The third-order valence-electron chi connectivity index (χ3n) is 4.89. The van der Waals surface area contributed by atoms with Crippen molar-refractivity contribution in [1.29, 1.82) is 0 Å². The van der Waals surface area contributed by atoms with Crippen LogP contribution in [0.1, 0.15) is 55.4 Å². The quantitative estimate of drug-likeness (QED) is 0.356. The smallest absolute Gasteiger partial charge is 0.303 e. The van der Waals surface area contributed by atoms with Gasteiger partial charge in [-0.05, 0) is 64.2 Å². The Balaban J connectivity index is 2.27. The van der Waals surface area contributed by atoms with Crippen LogP contribution in [0, 0.1) is 20.8 Å². The molecule has 4 N–H and O–H groups in total. The minimum absolute atomic E-state index is 0.0578. The number of carboxylic acids is 1. The molecule has 0 atom stereocenters. The third-order valence-corrected chi connectivity index (χ3v) is 6.46. The molecule has 0 fully saturated rings. The summed E-state index contributed by atoms with van der Waals surface area (Å²) in [7, 11) is -4.01. The van der Waals surface area contributed by atoms with Crippen LogP contribution in [0.25, 0.3) is 0 Å². The van der Waals surface area contributed by atoms with Crippen LogP contribution in [0.2, 0.25) is 0 Å². The van der Waals surface area contributed by atoms with Gasteiger partial charge in [-0.15, -0.1) is 4.40 Å². The van der Waals surface area contributed by atoms with Crippen LogP contribution in [0.3, 0.4) is 0 Å². The highest BCUT2D eigenvalue weighted by Crippen LogP contribution is 2.44. The molecule has 0 unspecified atom stereocenters. The fourth-order valence-corrected chi connectivity index (χ4v) is 4.92. The largest absolute Gasteiger partial charge is 0.487 e. The number of benzene rings is 1. The van der Waals surface area contributed by atoms with Crippen molar-refractivity contribution >= 4 is 22.0 Å². The highest BCUT2D eigenvalue weighted by atomic mass is 32.2. The van der Waals surface area contributed by atoms with Gasteiger partial charge in [0.15, 0.2) is 0 Å². The molecule has 9 heteroatoms. The van der Waals surface area contributed by atoms with Gasteiger partial charge in [-0.25, -0.2) is 0 Å². The van der Waals surface area contributed by atoms with Crippen LogP contribution in [-0.4, -0.2) is 37.6 Å². The summed E-state index contributed by atoms with van der Waals surface area (Å²) < 4.78 is 35.7. The normalized spacial score (nSPS) is 15.8. The Morgan fingerprint density at radius 2 is 1.86 bits per heavy atom. The number of nitrogens with one attached hydrogen (secondary N) is 1. The Hall–Kier alpha value is -2.29. The number of guanidine groups is 1. The highest BCUT2D eigenvalue weighted by molar-refractivity contribution is 7.90. The Morgan fingerprint density at radius 1 is 1.21 bits per heavy atom. The first kappa shape index (κ1) is 22.0. The van der Waals surface area contributed by atoms with E-state index in [-0.39, 0.29) is 22.9 Å². The van der Waals surface area contributed by atoms with Crippen molar-refractivity contribution in [2.24, 2.45) is 10.1 Å². The number of hydrogen-bond donors (Lipinski definition) is 3. The predicted octanol–water partition coefficient (Wildman–Crippen LogP) is 2.17. The van der Waals surface area contributed by atoms with Gasteiger partial charge in [0.1, 0.15) is 11.4 Å². The molecule has 1 aliphatic rings. The molecular weight excluding hydrogens is 382 g/mol. The number of nitrogens with two attached hydrogens (primary N) is 1. The first-order valence-corrected chi connectivity index (χ1v) is 10.7. The van der Waals surface area contributed by atoms with Crippen molar-refractivity contribution in [1.82, 2.24) is 5.32 Å². The second-order valence-electron chi connectivity index (χ2n) is 7.78. The Morgan fingerprint density at radius 3 is 2.46 bits per heavy atom. The number of ether oxygens (including phenoxy) is 1.